The SMILES string of the molecule is COc1ccc2[nH]cc([C@H](O)CN3CCc4ccccc4[C@@H]3CN3C(=O)c4ccccc4C3=O)c2c1. The third-order valence-electron chi connectivity index (χ3n) is 7.44. The number of ether oxygens (including phenoxy) is 1. The van der Waals surface area contributed by atoms with Crippen LogP contribution in [0.1, 0.15) is 49.6 Å². The molecule has 2 aliphatic rings. The summed E-state index contributed by atoms with van der Waals surface area (Å²) in [7, 11) is 1.62. The van der Waals surface area contributed by atoms with E-state index in [1.165, 1.54) is 10.5 Å². The molecule has 7 nitrogen and oxygen atoms in total. The molecule has 2 amide bonds. The normalized spacial score (nSPS) is 18.4. The van der Waals surface area contributed by atoms with Gasteiger partial charge in [0.2, 0.25) is 0 Å². The molecule has 0 saturated heterocycles. The van der Waals surface area contributed by atoms with E-state index in [2.05, 4.69) is 22.0 Å². The van der Waals surface area contributed by atoms with Crippen molar-refractivity contribution >= 4 is 22.7 Å². The maximum Gasteiger partial charge on any atom is 0.261 e. The van der Waals surface area contributed by atoms with Gasteiger partial charge in [-0.05, 0) is 47.9 Å². The highest BCUT2D eigenvalue weighted by Crippen LogP contribution is 2.35. The molecule has 0 radical (unpaired) electrons. The van der Waals surface area contributed by atoms with Crippen molar-refractivity contribution < 1.29 is 19.4 Å². The van der Waals surface area contributed by atoms with E-state index in [9.17, 15) is 14.7 Å². The molecule has 0 fully saturated rings. The van der Waals surface area contributed by atoms with Crippen LogP contribution in [0, 0.1) is 0 Å². The summed E-state index contributed by atoms with van der Waals surface area (Å²) in [4.78, 5) is 33.1. The summed E-state index contributed by atoms with van der Waals surface area (Å²) >= 11 is 0. The van der Waals surface area contributed by atoms with Crippen LogP contribution >= 0.6 is 0 Å². The van der Waals surface area contributed by atoms with Crippen molar-refractivity contribution in [2.45, 2.75) is 18.6 Å². The molecule has 6 rings (SSSR count). The number of amides is 2. The zero-order valence-electron chi connectivity index (χ0n) is 20.0. The average Bonchev–Trinajstić information content (AvgIpc) is 3.44. The Morgan fingerprint density at radius 3 is 2.50 bits per heavy atom. The topological polar surface area (TPSA) is 85.9 Å². The molecular formula is C29H27N3O4. The minimum absolute atomic E-state index is 0.216. The Kier molecular flexibility index (Phi) is 5.59. The van der Waals surface area contributed by atoms with Crippen molar-refractivity contribution in [1.82, 2.24) is 14.8 Å². The summed E-state index contributed by atoms with van der Waals surface area (Å²) in [6, 6.07) is 20.7. The molecule has 2 N–H and O–H groups in total. The molecule has 2 atom stereocenters. The molecule has 0 bridgehead atoms. The number of aliphatic hydroxyl groups is 1. The number of carbonyl (C=O) groups excluding carboxylic acids is 2. The maximum absolute atomic E-state index is 13.1. The van der Waals surface area contributed by atoms with E-state index in [1.807, 2.05) is 36.5 Å². The van der Waals surface area contributed by atoms with Gasteiger partial charge < -0.3 is 14.8 Å². The fourth-order valence-electron chi connectivity index (χ4n) is 5.56. The molecule has 182 valence electrons. The summed E-state index contributed by atoms with van der Waals surface area (Å²) in [5.41, 5.74) is 4.92. The summed E-state index contributed by atoms with van der Waals surface area (Å²) < 4.78 is 5.38. The van der Waals surface area contributed by atoms with E-state index in [0.29, 0.717) is 24.2 Å². The molecule has 1 aromatic heterocycles. The van der Waals surface area contributed by atoms with Gasteiger partial charge in [-0.3, -0.25) is 19.4 Å². The number of hydrogen-bond acceptors (Lipinski definition) is 5. The van der Waals surface area contributed by atoms with Crippen LogP contribution < -0.4 is 4.74 Å². The monoisotopic (exact) mass is 481 g/mol. The standard InChI is InChI=1S/C29H27N3O4/c1-36-19-10-11-25-23(14-19)24(15-30-25)27(33)17-31-13-12-18-6-2-3-7-20(18)26(31)16-32-28(34)21-8-4-5-9-22(21)29(32)35/h2-11,14-15,26-27,30,33H,12-13,16-17H2,1H3/t26-,27+/m0/s1. The van der Waals surface area contributed by atoms with Crippen LogP contribution in [0.4, 0.5) is 0 Å². The molecule has 0 spiro atoms. The van der Waals surface area contributed by atoms with E-state index >= 15 is 0 Å². The first-order valence-electron chi connectivity index (χ1n) is 12.2. The summed E-state index contributed by atoms with van der Waals surface area (Å²) in [6.07, 6.45) is 1.91. The minimum atomic E-state index is -0.763. The molecule has 0 saturated carbocycles. The second-order valence-electron chi connectivity index (χ2n) is 9.40. The molecule has 7 heteroatoms. The second kappa shape index (κ2) is 8.93. The number of H-pyrrole nitrogens is 1. The molecular weight excluding hydrogens is 454 g/mol. The lowest BCUT2D eigenvalue weighted by molar-refractivity contribution is 0.0489. The van der Waals surface area contributed by atoms with Crippen LogP contribution in [0.5, 0.6) is 5.75 Å². The highest BCUT2D eigenvalue weighted by Gasteiger charge is 2.39. The number of nitrogens with zero attached hydrogens (tertiary/aromatic N) is 2. The first-order chi connectivity index (χ1) is 17.5. The number of benzene rings is 3. The van der Waals surface area contributed by atoms with Crippen LogP contribution in [-0.4, -0.2) is 58.4 Å². The van der Waals surface area contributed by atoms with E-state index < -0.39 is 6.10 Å². The van der Waals surface area contributed by atoms with Crippen molar-refractivity contribution in [3.05, 3.63) is 101 Å². The predicted molar refractivity (Wildman–Crippen MR) is 136 cm³/mol. The Hall–Kier alpha value is -3.94. The quantitative estimate of drug-likeness (QED) is 0.405. The lowest BCUT2D eigenvalue weighted by Crippen LogP contribution is -2.45. The number of aliphatic hydroxyl groups excluding tert-OH is 1. The molecule has 3 aromatic carbocycles. The third kappa shape index (κ3) is 3.68. The maximum atomic E-state index is 13.1. The molecule has 2 aliphatic heterocycles. The lowest BCUT2D eigenvalue weighted by Gasteiger charge is -2.39. The number of fused-ring (bicyclic) bond motifs is 3. The summed E-state index contributed by atoms with van der Waals surface area (Å²) in [5, 5.41) is 12.3. The Labute approximate surface area is 208 Å². The summed E-state index contributed by atoms with van der Waals surface area (Å²) in [5.74, 6) is 0.205. The number of imide groups is 1. The number of methoxy groups -OCH3 is 1. The van der Waals surface area contributed by atoms with Crippen molar-refractivity contribution in [2.24, 2.45) is 0 Å². The van der Waals surface area contributed by atoms with Gasteiger partial charge in [0, 0.05) is 42.3 Å². The van der Waals surface area contributed by atoms with Crippen LogP contribution in [0.2, 0.25) is 0 Å². The molecule has 0 aliphatic carbocycles. The Morgan fingerprint density at radius 1 is 1.03 bits per heavy atom. The molecule has 4 aromatic rings. The van der Waals surface area contributed by atoms with E-state index in [0.717, 1.165) is 34.2 Å². The lowest BCUT2D eigenvalue weighted by atomic mass is 9.91. The largest absolute Gasteiger partial charge is 0.497 e. The van der Waals surface area contributed by atoms with Gasteiger partial charge in [-0.15, -0.1) is 0 Å². The Bertz CT molecular complexity index is 1440. The second-order valence-corrected chi connectivity index (χ2v) is 9.40. The number of aromatic nitrogens is 1. The highest BCUT2D eigenvalue weighted by molar-refractivity contribution is 6.21. The van der Waals surface area contributed by atoms with Crippen LogP contribution in [-0.2, 0) is 6.42 Å². The predicted octanol–water partition coefficient (Wildman–Crippen LogP) is 4.11. The number of carbonyl (C=O) groups is 2. The molecule has 36 heavy (non-hydrogen) atoms. The van der Waals surface area contributed by atoms with Gasteiger partial charge in [-0.25, -0.2) is 0 Å². The first-order valence-corrected chi connectivity index (χ1v) is 12.2. The number of rotatable bonds is 6. The van der Waals surface area contributed by atoms with Crippen molar-refractivity contribution in [3.63, 3.8) is 0 Å². The molecule has 3 heterocycles. The smallest absolute Gasteiger partial charge is 0.261 e. The Morgan fingerprint density at radius 2 is 1.75 bits per heavy atom. The highest BCUT2D eigenvalue weighted by atomic mass is 16.5. The van der Waals surface area contributed by atoms with Crippen molar-refractivity contribution in [2.75, 3.05) is 26.7 Å². The van der Waals surface area contributed by atoms with Crippen LogP contribution in [0.3, 0.4) is 0 Å². The number of aromatic amines is 1. The van der Waals surface area contributed by atoms with E-state index in [-0.39, 0.29) is 24.4 Å². The van der Waals surface area contributed by atoms with Gasteiger partial charge in [-0.2, -0.15) is 0 Å². The van der Waals surface area contributed by atoms with Crippen LogP contribution in [0.25, 0.3) is 10.9 Å². The van der Waals surface area contributed by atoms with Gasteiger partial charge in [0.1, 0.15) is 5.75 Å². The van der Waals surface area contributed by atoms with Crippen LogP contribution in [0.15, 0.2) is 72.9 Å². The van der Waals surface area contributed by atoms with Gasteiger partial charge >= 0.3 is 0 Å². The fraction of sp³-hybridized carbons (Fsp3) is 0.241. The minimum Gasteiger partial charge on any atom is -0.497 e. The first kappa shape index (κ1) is 22.5. The van der Waals surface area contributed by atoms with Gasteiger partial charge in [0.05, 0.1) is 30.4 Å². The van der Waals surface area contributed by atoms with Crippen molar-refractivity contribution in [3.8, 4) is 5.75 Å². The fourth-order valence-corrected chi connectivity index (χ4v) is 5.56. The van der Waals surface area contributed by atoms with E-state index in [4.69, 9.17) is 4.74 Å². The third-order valence-corrected chi connectivity index (χ3v) is 7.44. The van der Waals surface area contributed by atoms with Gasteiger partial charge in [0.25, 0.3) is 11.8 Å². The number of nitrogens with one attached hydrogen (secondary N) is 1. The zero-order valence-corrected chi connectivity index (χ0v) is 20.0. The van der Waals surface area contributed by atoms with E-state index in [1.54, 1.807) is 31.4 Å². The van der Waals surface area contributed by atoms with Gasteiger partial charge in [-0.1, -0.05) is 36.4 Å². The van der Waals surface area contributed by atoms with Crippen molar-refractivity contribution in [1.29, 1.82) is 0 Å². The Balaban J connectivity index is 1.31. The zero-order chi connectivity index (χ0) is 24.8. The summed E-state index contributed by atoms with van der Waals surface area (Å²) in [6.45, 7) is 1.32. The molecule has 0 unspecified atom stereocenters. The van der Waals surface area contributed by atoms with Gasteiger partial charge in [0.15, 0.2) is 0 Å². The number of hydrogen-bond donors (Lipinski definition) is 2. The average molecular weight is 482 g/mol. The number of β-amino-alcohol motifs (C(OH)–C–C–N with tert-alkyl or cyclic N) is 1.